The van der Waals surface area contributed by atoms with Gasteiger partial charge in [-0.3, -0.25) is 0 Å². The third-order valence-corrected chi connectivity index (χ3v) is 2.42. The van der Waals surface area contributed by atoms with Gasteiger partial charge in [0.2, 0.25) is 5.28 Å². The smallest absolute Gasteiger partial charge is 0.224 e. The lowest BCUT2D eigenvalue weighted by molar-refractivity contribution is 0.582. The molecular weight excluding hydrogens is 267 g/mol. The van der Waals surface area contributed by atoms with Crippen molar-refractivity contribution in [3.63, 3.8) is 0 Å². The second-order valence-corrected chi connectivity index (χ2v) is 3.85. The lowest BCUT2D eigenvalue weighted by Gasteiger charge is -2.10. The number of rotatable bonds is 2. The Kier molecular flexibility index (Phi) is 3.38. The van der Waals surface area contributed by atoms with Crippen molar-refractivity contribution < 1.29 is 13.2 Å². The maximum atomic E-state index is 13.7. The zero-order valence-corrected chi connectivity index (χ0v) is 9.89. The van der Waals surface area contributed by atoms with Crippen LogP contribution >= 0.6 is 11.6 Å². The highest BCUT2D eigenvalue weighted by Crippen LogP contribution is 2.26. The van der Waals surface area contributed by atoms with Gasteiger partial charge in [-0.1, -0.05) is 6.07 Å². The fraction of sp³-hybridized carbons (Fsp3) is 0.0909. The Morgan fingerprint density at radius 2 is 1.89 bits per heavy atom. The number of nitrogens with one attached hydrogen (secondary N) is 1. The molecule has 7 heteroatoms. The summed E-state index contributed by atoms with van der Waals surface area (Å²) in [7, 11) is 0. The minimum absolute atomic E-state index is 0.222. The molecule has 0 saturated heterocycles. The van der Waals surface area contributed by atoms with Gasteiger partial charge >= 0.3 is 0 Å². The summed E-state index contributed by atoms with van der Waals surface area (Å²) in [6.07, 6.45) is 0.809. The summed E-state index contributed by atoms with van der Waals surface area (Å²) < 4.78 is 40.5. The van der Waals surface area contributed by atoms with E-state index in [0.717, 1.165) is 12.3 Å². The molecule has 0 saturated carbocycles. The van der Waals surface area contributed by atoms with Crippen LogP contribution in [0.4, 0.5) is 24.7 Å². The van der Waals surface area contributed by atoms with Crippen molar-refractivity contribution in [3.8, 4) is 0 Å². The number of aryl methyl sites for hydroxylation is 1. The summed E-state index contributed by atoms with van der Waals surface area (Å²) in [5.41, 5.74) is -0.261. The van der Waals surface area contributed by atoms with Gasteiger partial charge in [0.15, 0.2) is 17.5 Å². The van der Waals surface area contributed by atoms with Crippen molar-refractivity contribution in [2.45, 2.75) is 6.92 Å². The van der Waals surface area contributed by atoms with E-state index in [4.69, 9.17) is 11.6 Å². The van der Waals surface area contributed by atoms with E-state index in [9.17, 15) is 13.2 Å². The summed E-state index contributed by atoms with van der Waals surface area (Å²) in [4.78, 5) is 6.91. The molecule has 18 heavy (non-hydrogen) atoms. The lowest BCUT2D eigenvalue weighted by atomic mass is 10.2. The van der Waals surface area contributed by atoms with Crippen molar-refractivity contribution in [2.75, 3.05) is 5.32 Å². The first kappa shape index (κ1) is 12.6. The van der Waals surface area contributed by atoms with Gasteiger partial charge in [0.05, 0.1) is 6.20 Å². The second kappa shape index (κ2) is 4.81. The summed E-state index contributed by atoms with van der Waals surface area (Å²) in [6.45, 7) is 1.46. The van der Waals surface area contributed by atoms with Crippen LogP contribution < -0.4 is 5.32 Å². The number of halogens is 4. The molecule has 0 spiro atoms. The summed E-state index contributed by atoms with van der Waals surface area (Å²) in [5.74, 6) is -2.92. The predicted molar refractivity (Wildman–Crippen MR) is 61.4 cm³/mol. The number of anilines is 2. The monoisotopic (exact) mass is 273 g/mol. The van der Waals surface area contributed by atoms with Crippen LogP contribution in [0.1, 0.15) is 5.56 Å². The Hall–Kier alpha value is -1.82. The van der Waals surface area contributed by atoms with Crippen LogP contribution in [-0.2, 0) is 0 Å². The van der Waals surface area contributed by atoms with Crippen molar-refractivity contribution in [2.24, 2.45) is 0 Å². The summed E-state index contributed by atoms with van der Waals surface area (Å²) >= 11 is 5.48. The van der Waals surface area contributed by atoms with Crippen LogP contribution in [0.25, 0.3) is 0 Å². The Labute approximate surface area is 106 Å². The van der Waals surface area contributed by atoms with Crippen molar-refractivity contribution >= 4 is 23.1 Å². The summed E-state index contributed by atoms with van der Waals surface area (Å²) in [5, 5.41) is 2.00. The van der Waals surface area contributed by atoms with Gasteiger partial charge in [0, 0.05) is 0 Å². The molecule has 1 aromatic carbocycles. The zero-order valence-electron chi connectivity index (χ0n) is 9.14. The minimum Gasteiger partial charge on any atom is -0.333 e. The van der Waals surface area contributed by atoms with Crippen LogP contribution in [0.15, 0.2) is 18.3 Å². The Morgan fingerprint density at radius 3 is 2.61 bits per heavy atom. The number of nitrogens with zero attached hydrogens (tertiary/aromatic N) is 2. The average molecular weight is 274 g/mol. The SMILES string of the molecule is Cc1ccc(F)c(Nc2nc(Cl)ncc2F)c1F. The molecule has 2 aromatic rings. The minimum atomic E-state index is -0.861. The molecule has 1 heterocycles. The Balaban J connectivity index is 2.46. The average Bonchev–Trinajstić information content (AvgIpc) is 2.34. The molecule has 3 nitrogen and oxygen atoms in total. The van der Waals surface area contributed by atoms with E-state index >= 15 is 0 Å². The lowest BCUT2D eigenvalue weighted by Crippen LogP contribution is -2.03. The molecule has 1 N–H and O–H groups in total. The summed E-state index contributed by atoms with van der Waals surface area (Å²) in [6, 6.07) is 2.35. The molecular formula is C11H7ClF3N3. The van der Waals surface area contributed by atoms with Gasteiger partial charge in [0.1, 0.15) is 11.5 Å². The second-order valence-electron chi connectivity index (χ2n) is 3.51. The molecule has 2 rings (SSSR count). The predicted octanol–water partition coefficient (Wildman–Crippen LogP) is 3.60. The van der Waals surface area contributed by atoms with E-state index in [2.05, 4.69) is 15.3 Å². The van der Waals surface area contributed by atoms with E-state index in [1.54, 1.807) is 0 Å². The highest BCUT2D eigenvalue weighted by molar-refractivity contribution is 6.28. The standard InChI is InChI=1S/C11H7ClF3N3/c1-5-2-3-6(13)9(8(5)15)17-10-7(14)4-16-11(12)18-10/h2-4H,1H3,(H,16,17,18). The van der Waals surface area contributed by atoms with Crippen LogP contribution in [0, 0.1) is 24.4 Å². The molecule has 0 unspecified atom stereocenters. The Morgan fingerprint density at radius 1 is 1.17 bits per heavy atom. The molecule has 0 fully saturated rings. The van der Waals surface area contributed by atoms with Gasteiger partial charge in [-0.2, -0.15) is 4.98 Å². The molecule has 0 bridgehead atoms. The number of hydrogen-bond acceptors (Lipinski definition) is 3. The quantitative estimate of drug-likeness (QED) is 0.850. The molecule has 1 aromatic heterocycles. The van der Waals surface area contributed by atoms with E-state index in [-0.39, 0.29) is 10.8 Å². The van der Waals surface area contributed by atoms with Crippen LogP contribution in [0.5, 0.6) is 0 Å². The van der Waals surface area contributed by atoms with Crippen molar-refractivity contribution in [1.29, 1.82) is 0 Å². The third kappa shape index (κ3) is 2.38. The van der Waals surface area contributed by atoms with E-state index in [1.807, 2.05) is 0 Å². The number of aromatic nitrogens is 2. The highest BCUT2D eigenvalue weighted by Gasteiger charge is 2.14. The van der Waals surface area contributed by atoms with Gasteiger partial charge in [-0.05, 0) is 30.2 Å². The van der Waals surface area contributed by atoms with Crippen LogP contribution in [-0.4, -0.2) is 9.97 Å². The number of benzene rings is 1. The normalized spacial score (nSPS) is 10.5. The third-order valence-electron chi connectivity index (χ3n) is 2.24. The maximum absolute atomic E-state index is 13.7. The molecule has 94 valence electrons. The molecule has 0 aliphatic heterocycles. The van der Waals surface area contributed by atoms with E-state index in [1.165, 1.54) is 13.0 Å². The fourth-order valence-electron chi connectivity index (χ4n) is 1.32. The molecule has 0 atom stereocenters. The zero-order chi connectivity index (χ0) is 13.3. The first-order valence-electron chi connectivity index (χ1n) is 4.88. The first-order valence-corrected chi connectivity index (χ1v) is 5.26. The molecule has 0 amide bonds. The van der Waals surface area contributed by atoms with Crippen LogP contribution in [0.2, 0.25) is 5.28 Å². The highest BCUT2D eigenvalue weighted by atomic mass is 35.5. The van der Waals surface area contributed by atoms with Crippen molar-refractivity contribution in [1.82, 2.24) is 9.97 Å². The fourth-order valence-corrected chi connectivity index (χ4v) is 1.46. The molecule has 0 aliphatic rings. The van der Waals surface area contributed by atoms with E-state index in [0.29, 0.717) is 0 Å². The Bertz CT molecular complexity index is 604. The topological polar surface area (TPSA) is 37.8 Å². The van der Waals surface area contributed by atoms with Crippen LogP contribution in [0.3, 0.4) is 0 Å². The molecule has 0 aliphatic carbocycles. The largest absolute Gasteiger partial charge is 0.333 e. The van der Waals surface area contributed by atoms with Gasteiger partial charge in [-0.15, -0.1) is 0 Å². The van der Waals surface area contributed by atoms with Gasteiger partial charge in [-0.25, -0.2) is 18.2 Å². The molecule has 0 radical (unpaired) electrons. The van der Waals surface area contributed by atoms with Gasteiger partial charge in [0.25, 0.3) is 0 Å². The van der Waals surface area contributed by atoms with Gasteiger partial charge < -0.3 is 5.32 Å². The van der Waals surface area contributed by atoms with Crippen molar-refractivity contribution in [3.05, 3.63) is 46.6 Å². The number of hydrogen-bond donors (Lipinski definition) is 1. The first-order chi connectivity index (χ1) is 8.49. The maximum Gasteiger partial charge on any atom is 0.224 e. The van der Waals surface area contributed by atoms with E-state index < -0.39 is 29.0 Å².